The Kier molecular flexibility index (Phi) is 4.31. The third-order valence-electron chi connectivity index (χ3n) is 2.24. The molecule has 0 amide bonds. The first-order valence-electron chi connectivity index (χ1n) is 4.92. The molecule has 84 valence electrons. The van der Waals surface area contributed by atoms with Crippen molar-refractivity contribution in [1.29, 1.82) is 0 Å². The summed E-state index contributed by atoms with van der Waals surface area (Å²) in [5, 5.41) is -0.826. The van der Waals surface area contributed by atoms with Crippen molar-refractivity contribution in [2.24, 2.45) is 5.41 Å². The van der Waals surface area contributed by atoms with Crippen LogP contribution in [0, 0.1) is 5.41 Å². The molecule has 3 nitrogen and oxygen atoms in total. The van der Waals surface area contributed by atoms with Crippen LogP contribution in [0.25, 0.3) is 0 Å². The molecular formula is C10H20O3S. The van der Waals surface area contributed by atoms with Crippen LogP contribution in [0.5, 0.6) is 0 Å². The summed E-state index contributed by atoms with van der Waals surface area (Å²) in [6, 6.07) is 0. The molecular weight excluding hydrogens is 200 g/mol. The van der Waals surface area contributed by atoms with Crippen molar-refractivity contribution in [2.75, 3.05) is 5.75 Å². The molecule has 0 rings (SSSR count). The Morgan fingerprint density at radius 2 is 1.64 bits per heavy atom. The number of carbonyl (C=O) groups excluding carboxylic acids is 1. The summed E-state index contributed by atoms with van der Waals surface area (Å²) in [6.45, 7) is 8.57. The van der Waals surface area contributed by atoms with Crippen LogP contribution in [0.4, 0.5) is 0 Å². The molecule has 0 spiro atoms. The van der Waals surface area contributed by atoms with Crippen LogP contribution in [0.2, 0.25) is 0 Å². The fraction of sp³-hybridized carbons (Fsp3) is 0.900. The lowest BCUT2D eigenvalue weighted by Gasteiger charge is -2.23. The number of sulfone groups is 1. The van der Waals surface area contributed by atoms with Gasteiger partial charge in [0.2, 0.25) is 0 Å². The van der Waals surface area contributed by atoms with Gasteiger partial charge in [0, 0.05) is 11.2 Å². The quantitative estimate of drug-likeness (QED) is 0.726. The maximum Gasteiger partial charge on any atom is 0.159 e. The zero-order valence-electron chi connectivity index (χ0n) is 9.62. The highest BCUT2D eigenvalue weighted by Gasteiger charge is 2.35. The minimum atomic E-state index is -3.24. The first-order valence-corrected chi connectivity index (χ1v) is 6.64. The summed E-state index contributed by atoms with van der Waals surface area (Å²) >= 11 is 0. The van der Waals surface area contributed by atoms with Crippen molar-refractivity contribution in [3.05, 3.63) is 0 Å². The summed E-state index contributed by atoms with van der Waals surface area (Å²) in [5.41, 5.74) is -0.580. The van der Waals surface area contributed by atoms with Crippen LogP contribution >= 0.6 is 0 Å². The number of ketones is 1. The fourth-order valence-electron chi connectivity index (χ4n) is 1.29. The Balaban J connectivity index is 5.04. The molecule has 0 bridgehead atoms. The van der Waals surface area contributed by atoms with E-state index in [0.29, 0.717) is 6.42 Å². The molecule has 0 saturated carbocycles. The van der Waals surface area contributed by atoms with E-state index in [4.69, 9.17) is 0 Å². The highest BCUT2D eigenvalue weighted by atomic mass is 32.2. The fourth-order valence-corrected chi connectivity index (χ4v) is 2.88. The van der Waals surface area contributed by atoms with Crippen molar-refractivity contribution in [3.8, 4) is 0 Å². The molecule has 0 aromatic rings. The van der Waals surface area contributed by atoms with Gasteiger partial charge in [-0.1, -0.05) is 34.6 Å². The van der Waals surface area contributed by atoms with Crippen LogP contribution in [0.3, 0.4) is 0 Å². The second-order valence-electron chi connectivity index (χ2n) is 4.46. The third-order valence-corrected chi connectivity index (χ3v) is 4.46. The Morgan fingerprint density at radius 1 is 1.21 bits per heavy atom. The van der Waals surface area contributed by atoms with Gasteiger partial charge in [-0.3, -0.25) is 4.79 Å². The summed E-state index contributed by atoms with van der Waals surface area (Å²) in [5.74, 6) is -0.144. The molecule has 0 fully saturated rings. The molecule has 0 aromatic heterocycles. The third kappa shape index (κ3) is 3.08. The van der Waals surface area contributed by atoms with Gasteiger partial charge in [-0.25, -0.2) is 8.42 Å². The van der Waals surface area contributed by atoms with Gasteiger partial charge in [-0.15, -0.1) is 0 Å². The molecule has 1 atom stereocenters. The molecule has 4 heteroatoms. The smallest absolute Gasteiger partial charge is 0.159 e. The van der Waals surface area contributed by atoms with E-state index in [2.05, 4.69) is 0 Å². The van der Waals surface area contributed by atoms with Gasteiger partial charge >= 0.3 is 0 Å². The molecule has 0 radical (unpaired) electrons. The summed E-state index contributed by atoms with van der Waals surface area (Å²) in [7, 11) is -3.24. The van der Waals surface area contributed by atoms with Crippen molar-refractivity contribution in [3.63, 3.8) is 0 Å². The zero-order chi connectivity index (χ0) is 11.6. The number of rotatable bonds is 4. The molecule has 0 aliphatic rings. The van der Waals surface area contributed by atoms with E-state index in [-0.39, 0.29) is 11.5 Å². The van der Waals surface area contributed by atoms with Crippen LogP contribution in [0.1, 0.15) is 41.0 Å². The molecule has 14 heavy (non-hydrogen) atoms. The largest absolute Gasteiger partial charge is 0.298 e. The van der Waals surface area contributed by atoms with Crippen LogP contribution in [-0.2, 0) is 14.6 Å². The monoisotopic (exact) mass is 220 g/mol. The zero-order valence-corrected chi connectivity index (χ0v) is 10.4. The Labute approximate surface area is 86.8 Å². The first-order chi connectivity index (χ1) is 6.16. The minimum absolute atomic E-state index is 0.0350. The van der Waals surface area contributed by atoms with Crippen LogP contribution < -0.4 is 0 Å². The predicted octanol–water partition coefficient (Wildman–Crippen LogP) is 1.81. The van der Waals surface area contributed by atoms with E-state index in [1.165, 1.54) is 0 Å². The lowest BCUT2D eigenvalue weighted by atomic mass is 9.88. The second kappa shape index (κ2) is 4.43. The van der Waals surface area contributed by atoms with Gasteiger partial charge in [0.15, 0.2) is 15.6 Å². The minimum Gasteiger partial charge on any atom is -0.298 e. The maximum atomic E-state index is 11.8. The van der Waals surface area contributed by atoms with E-state index < -0.39 is 20.5 Å². The average molecular weight is 220 g/mol. The summed E-state index contributed by atoms with van der Waals surface area (Å²) < 4.78 is 23.2. The molecule has 0 aromatic carbocycles. The number of Topliss-reactive ketones (excluding diaryl/α,β-unsaturated/α-hetero) is 1. The average Bonchev–Trinajstić information content (AvgIpc) is 2.03. The Bertz CT molecular complexity index is 296. The van der Waals surface area contributed by atoms with Crippen molar-refractivity contribution < 1.29 is 13.2 Å². The molecule has 0 aliphatic carbocycles. The lowest BCUT2D eigenvalue weighted by molar-refractivity contribution is -0.125. The van der Waals surface area contributed by atoms with E-state index in [0.717, 1.165) is 0 Å². The molecule has 0 unspecified atom stereocenters. The number of hydrogen-bond acceptors (Lipinski definition) is 3. The van der Waals surface area contributed by atoms with Crippen molar-refractivity contribution in [1.82, 2.24) is 0 Å². The molecule has 0 N–H and O–H groups in total. The van der Waals surface area contributed by atoms with E-state index in [1.807, 2.05) is 0 Å². The highest BCUT2D eigenvalue weighted by molar-refractivity contribution is 7.92. The van der Waals surface area contributed by atoms with Crippen LogP contribution in [0.15, 0.2) is 0 Å². The van der Waals surface area contributed by atoms with E-state index in [1.54, 1.807) is 34.6 Å². The van der Waals surface area contributed by atoms with Gasteiger partial charge in [-0.2, -0.15) is 0 Å². The number of carbonyl (C=O) groups is 1. The number of hydrogen-bond donors (Lipinski definition) is 0. The SMILES string of the molecule is CC[C@H](C(=O)C(C)(C)C)S(=O)(=O)CC. The Hall–Kier alpha value is -0.380. The van der Waals surface area contributed by atoms with Gasteiger partial charge < -0.3 is 0 Å². The van der Waals surface area contributed by atoms with Gasteiger partial charge in [-0.05, 0) is 6.42 Å². The maximum absolute atomic E-state index is 11.8. The Morgan fingerprint density at radius 3 is 1.86 bits per heavy atom. The molecule has 0 heterocycles. The van der Waals surface area contributed by atoms with Gasteiger partial charge in [0.05, 0.1) is 0 Å². The van der Waals surface area contributed by atoms with Crippen molar-refractivity contribution in [2.45, 2.75) is 46.3 Å². The van der Waals surface area contributed by atoms with Gasteiger partial charge in [0.25, 0.3) is 0 Å². The normalized spacial score (nSPS) is 15.2. The van der Waals surface area contributed by atoms with Crippen LogP contribution in [-0.4, -0.2) is 25.2 Å². The van der Waals surface area contributed by atoms with Crippen molar-refractivity contribution >= 4 is 15.6 Å². The molecule has 0 saturated heterocycles. The predicted molar refractivity (Wildman–Crippen MR) is 58.0 cm³/mol. The topological polar surface area (TPSA) is 51.2 Å². The lowest BCUT2D eigenvalue weighted by Crippen LogP contribution is -2.38. The second-order valence-corrected chi connectivity index (χ2v) is 6.93. The van der Waals surface area contributed by atoms with E-state index >= 15 is 0 Å². The van der Waals surface area contributed by atoms with Gasteiger partial charge in [0.1, 0.15) is 5.25 Å². The summed E-state index contributed by atoms with van der Waals surface area (Å²) in [4.78, 5) is 11.8. The summed E-state index contributed by atoms with van der Waals surface area (Å²) in [6.07, 6.45) is 0.367. The molecule has 0 aliphatic heterocycles. The standard InChI is InChI=1S/C10H20O3S/c1-6-8(14(12,13)7-2)9(11)10(3,4)5/h8H,6-7H2,1-5H3/t8-/m1/s1. The first kappa shape index (κ1) is 13.6. The van der Waals surface area contributed by atoms with E-state index in [9.17, 15) is 13.2 Å². The highest BCUT2D eigenvalue weighted by Crippen LogP contribution is 2.22.